The molecule has 1 fully saturated rings. The van der Waals surface area contributed by atoms with Gasteiger partial charge in [-0.15, -0.1) is 24.0 Å². The van der Waals surface area contributed by atoms with Crippen molar-refractivity contribution in [3.8, 4) is 0 Å². The van der Waals surface area contributed by atoms with E-state index >= 15 is 0 Å². The molecule has 31 heavy (non-hydrogen) atoms. The lowest BCUT2D eigenvalue weighted by Gasteiger charge is -2.34. The number of hydrogen-bond donors (Lipinski definition) is 1. The van der Waals surface area contributed by atoms with Crippen molar-refractivity contribution in [1.82, 2.24) is 19.8 Å². The molecule has 1 aromatic heterocycles. The Bertz CT molecular complexity index is 824. The number of nitrogens with one attached hydrogen (secondary N) is 1. The van der Waals surface area contributed by atoms with Gasteiger partial charge in [-0.25, -0.2) is 9.98 Å². The van der Waals surface area contributed by atoms with Crippen LogP contribution in [0.3, 0.4) is 0 Å². The highest BCUT2D eigenvalue weighted by atomic mass is 127. The number of nitrogens with zero attached hydrogens (tertiary/aromatic N) is 4. The molecule has 2 heterocycles. The highest BCUT2D eigenvalue weighted by molar-refractivity contribution is 14.0. The van der Waals surface area contributed by atoms with Gasteiger partial charge in [-0.2, -0.15) is 0 Å². The third-order valence-electron chi connectivity index (χ3n) is 5.33. The van der Waals surface area contributed by atoms with Gasteiger partial charge in [-0.1, -0.05) is 30.3 Å². The molecule has 0 radical (unpaired) electrons. The van der Waals surface area contributed by atoms with E-state index in [1.807, 2.05) is 25.4 Å². The Kier molecular flexibility index (Phi) is 10.8. The van der Waals surface area contributed by atoms with E-state index < -0.39 is 0 Å². The largest absolute Gasteiger partial charge is 0.466 e. The zero-order valence-corrected chi connectivity index (χ0v) is 20.8. The molecule has 0 bridgehead atoms. The molecule has 0 spiro atoms. The Balaban J connectivity index is 0.00000341. The average molecular weight is 539 g/mol. The number of carbonyl (C=O) groups is 1. The topological polar surface area (TPSA) is 71.8 Å². The minimum Gasteiger partial charge on any atom is -0.466 e. The second-order valence-corrected chi connectivity index (χ2v) is 7.48. The van der Waals surface area contributed by atoms with Crippen molar-refractivity contribution in [2.45, 2.75) is 46.2 Å². The van der Waals surface area contributed by atoms with Gasteiger partial charge in [0.15, 0.2) is 5.96 Å². The van der Waals surface area contributed by atoms with Crippen molar-refractivity contribution in [2.24, 2.45) is 10.9 Å². The van der Waals surface area contributed by atoms with Crippen LogP contribution in [0.1, 0.15) is 38.1 Å². The molecule has 170 valence electrons. The summed E-state index contributed by atoms with van der Waals surface area (Å²) in [5.74, 6) is 1.59. The van der Waals surface area contributed by atoms with Gasteiger partial charge in [-0.3, -0.25) is 4.79 Å². The minimum atomic E-state index is -0.102. The fourth-order valence-electron chi connectivity index (χ4n) is 3.78. The Morgan fingerprint density at radius 2 is 2.10 bits per heavy atom. The van der Waals surface area contributed by atoms with Gasteiger partial charge in [0.05, 0.1) is 12.5 Å². The SMILES string of the molecule is CCNC(=NCc1nccn1CCc1ccccc1)N1CCC[C@H](C(=O)OCC)C1.I. The number of aromatic nitrogens is 2. The molecule has 7 nitrogen and oxygen atoms in total. The van der Waals surface area contributed by atoms with Gasteiger partial charge in [-0.05, 0) is 38.7 Å². The van der Waals surface area contributed by atoms with Crippen LogP contribution in [-0.2, 0) is 29.0 Å². The average Bonchev–Trinajstić information content (AvgIpc) is 3.23. The first-order valence-electron chi connectivity index (χ1n) is 10.9. The van der Waals surface area contributed by atoms with Crippen LogP contribution in [0.5, 0.6) is 0 Å². The Hall–Kier alpha value is -2.10. The van der Waals surface area contributed by atoms with Crippen LogP contribution in [0, 0.1) is 5.92 Å². The molecule has 1 aliphatic heterocycles. The predicted octanol–water partition coefficient (Wildman–Crippen LogP) is 3.48. The Labute approximate surface area is 202 Å². The van der Waals surface area contributed by atoms with E-state index in [2.05, 4.69) is 51.0 Å². The molecule has 2 aromatic rings. The van der Waals surface area contributed by atoms with Crippen LogP contribution < -0.4 is 5.32 Å². The number of guanidine groups is 1. The van der Waals surface area contributed by atoms with Crippen molar-refractivity contribution in [3.05, 3.63) is 54.1 Å². The molecule has 1 N–H and O–H groups in total. The van der Waals surface area contributed by atoms with E-state index in [4.69, 9.17) is 9.73 Å². The quantitative estimate of drug-likeness (QED) is 0.241. The monoisotopic (exact) mass is 539 g/mol. The molecule has 1 saturated heterocycles. The summed E-state index contributed by atoms with van der Waals surface area (Å²) in [5.41, 5.74) is 1.31. The lowest BCUT2D eigenvalue weighted by atomic mass is 9.98. The fraction of sp³-hybridized carbons (Fsp3) is 0.522. The van der Waals surface area contributed by atoms with Crippen molar-refractivity contribution in [3.63, 3.8) is 0 Å². The van der Waals surface area contributed by atoms with Crippen molar-refractivity contribution >= 4 is 35.9 Å². The van der Waals surface area contributed by atoms with Crippen LogP contribution in [0.4, 0.5) is 0 Å². The van der Waals surface area contributed by atoms with E-state index in [0.29, 0.717) is 19.7 Å². The first kappa shape index (κ1) is 25.2. The zero-order valence-electron chi connectivity index (χ0n) is 18.5. The minimum absolute atomic E-state index is 0. The predicted molar refractivity (Wildman–Crippen MR) is 134 cm³/mol. The molecule has 1 aliphatic rings. The van der Waals surface area contributed by atoms with E-state index in [1.54, 1.807) is 0 Å². The number of rotatable bonds is 8. The maximum Gasteiger partial charge on any atom is 0.310 e. The van der Waals surface area contributed by atoms with Crippen LogP contribution >= 0.6 is 24.0 Å². The van der Waals surface area contributed by atoms with Crippen molar-refractivity contribution < 1.29 is 9.53 Å². The summed E-state index contributed by atoms with van der Waals surface area (Å²) in [4.78, 5) is 23.7. The molecular weight excluding hydrogens is 505 g/mol. The third kappa shape index (κ3) is 7.52. The number of benzene rings is 1. The third-order valence-corrected chi connectivity index (χ3v) is 5.33. The molecule has 0 saturated carbocycles. The highest BCUT2D eigenvalue weighted by Gasteiger charge is 2.28. The van der Waals surface area contributed by atoms with Gasteiger partial charge in [0.2, 0.25) is 0 Å². The van der Waals surface area contributed by atoms with E-state index in [9.17, 15) is 4.79 Å². The molecule has 0 amide bonds. The number of imidazole rings is 1. The normalized spacial score (nSPS) is 16.5. The number of likely N-dealkylation sites (tertiary alicyclic amines) is 1. The van der Waals surface area contributed by atoms with Crippen molar-refractivity contribution in [2.75, 3.05) is 26.2 Å². The van der Waals surface area contributed by atoms with Gasteiger partial charge < -0.3 is 19.5 Å². The molecule has 0 aliphatic carbocycles. The highest BCUT2D eigenvalue weighted by Crippen LogP contribution is 2.18. The number of aliphatic imine (C=N–C) groups is 1. The summed E-state index contributed by atoms with van der Waals surface area (Å²) in [6.07, 6.45) is 6.64. The number of piperidine rings is 1. The maximum atomic E-state index is 12.2. The van der Waals surface area contributed by atoms with Crippen LogP contribution in [0.2, 0.25) is 0 Å². The summed E-state index contributed by atoms with van der Waals surface area (Å²) >= 11 is 0. The molecule has 8 heteroatoms. The van der Waals surface area contributed by atoms with E-state index in [-0.39, 0.29) is 35.9 Å². The second-order valence-electron chi connectivity index (χ2n) is 7.48. The molecule has 3 rings (SSSR count). The lowest BCUT2D eigenvalue weighted by Crippen LogP contribution is -2.48. The number of hydrogen-bond acceptors (Lipinski definition) is 4. The number of carbonyl (C=O) groups excluding carboxylic acids is 1. The standard InChI is InChI=1S/C23H33N5O2.HI/c1-3-24-23(28-14-8-11-20(18-28)22(29)30-4-2)26-17-21-25-13-16-27(21)15-12-19-9-6-5-7-10-19;/h5-7,9-10,13,16,20H,3-4,8,11-12,14-15,17-18H2,1-2H3,(H,24,26);1H/t20-;/m0./s1. The summed E-state index contributed by atoms with van der Waals surface area (Å²) in [5, 5.41) is 3.37. The van der Waals surface area contributed by atoms with Crippen LogP contribution in [0.15, 0.2) is 47.7 Å². The van der Waals surface area contributed by atoms with E-state index in [1.165, 1.54) is 5.56 Å². The van der Waals surface area contributed by atoms with Crippen molar-refractivity contribution in [1.29, 1.82) is 0 Å². The zero-order chi connectivity index (χ0) is 21.2. The number of esters is 1. The first-order valence-corrected chi connectivity index (χ1v) is 10.9. The molecule has 1 aromatic carbocycles. The van der Waals surface area contributed by atoms with Gasteiger partial charge in [0.1, 0.15) is 12.4 Å². The molecule has 0 unspecified atom stereocenters. The summed E-state index contributed by atoms with van der Waals surface area (Å²) in [6, 6.07) is 10.5. The summed E-state index contributed by atoms with van der Waals surface area (Å²) in [7, 11) is 0. The number of aryl methyl sites for hydroxylation is 2. The Morgan fingerprint density at radius 1 is 1.29 bits per heavy atom. The van der Waals surface area contributed by atoms with Crippen LogP contribution in [-0.4, -0.2) is 52.6 Å². The first-order chi connectivity index (χ1) is 14.7. The lowest BCUT2D eigenvalue weighted by molar-refractivity contribution is -0.149. The smallest absolute Gasteiger partial charge is 0.310 e. The number of ether oxygens (including phenoxy) is 1. The van der Waals surface area contributed by atoms with Gasteiger partial charge >= 0.3 is 5.97 Å². The van der Waals surface area contributed by atoms with Gasteiger partial charge in [0, 0.05) is 38.6 Å². The summed E-state index contributed by atoms with van der Waals surface area (Å²) < 4.78 is 7.39. The van der Waals surface area contributed by atoms with E-state index in [0.717, 1.165) is 50.7 Å². The Morgan fingerprint density at radius 3 is 2.84 bits per heavy atom. The number of halogens is 1. The fourth-order valence-corrected chi connectivity index (χ4v) is 3.78. The summed E-state index contributed by atoms with van der Waals surface area (Å²) in [6.45, 7) is 8.03. The molecule has 1 atom stereocenters. The maximum absolute atomic E-state index is 12.2. The van der Waals surface area contributed by atoms with Gasteiger partial charge in [0.25, 0.3) is 0 Å². The van der Waals surface area contributed by atoms with Crippen LogP contribution in [0.25, 0.3) is 0 Å². The second kappa shape index (κ2) is 13.3. The molecular formula is C23H34IN5O2.